The average Bonchev–Trinajstić information content (AvgIpc) is 2.97. The van der Waals surface area contributed by atoms with Crippen molar-refractivity contribution in [3.8, 4) is 17.2 Å². The first-order valence-corrected chi connectivity index (χ1v) is 9.85. The molecule has 5 amide bonds. The van der Waals surface area contributed by atoms with Gasteiger partial charge in [-0.1, -0.05) is 6.92 Å². The number of amides is 5. The van der Waals surface area contributed by atoms with E-state index < -0.39 is 35.9 Å². The summed E-state index contributed by atoms with van der Waals surface area (Å²) in [5.74, 6) is -1.10. The van der Waals surface area contributed by atoms with Gasteiger partial charge in [0.1, 0.15) is 5.54 Å². The maximum atomic E-state index is 12.9. The Morgan fingerprint density at radius 1 is 1.19 bits per heavy atom. The third-order valence-corrected chi connectivity index (χ3v) is 5.58. The third-order valence-electron chi connectivity index (χ3n) is 5.58. The summed E-state index contributed by atoms with van der Waals surface area (Å²) >= 11 is 0. The maximum absolute atomic E-state index is 12.9. The van der Waals surface area contributed by atoms with Gasteiger partial charge in [0.2, 0.25) is 5.75 Å². The van der Waals surface area contributed by atoms with E-state index >= 15 is 0 Å². The molecule has 1 spiro atoms. The van der Waals surface area contributed by atoms with Gasteiger partial charge in [-0.15, -0.1) is 0 Å². The summed E-state index contributed by atoms with van der Waals surface area (Å²) < 4.78 is 15.8. The first-order chi connectivity index (χ1) is 14.7. The van der Waals surface area contributed by atoms with Crippen LogP contribution < -0.4 is 30.7 Å². The highest BCUT2D eigenvalue weighted by Crippen LogP contribution is 2.39. The van der Waals surface area contributed by atoms with E-state index in [9.17, 15) is 19.2 Å². The molecule has 1 heterocycles. The number of imide groups is 1. The minimum absolute atomic E-state index is 0.0546. The second kappa shape index (κ2) is 8.70. The van der Waals surface area contributed by atoms with Crippen LogP contribution in [-0.2, 0) is 9.59 Å². The van der Waals surface area contributed by atoms with Crippen molar-refractivity contribution < 1.29 is 33.4 Å². The van der Waals surface area contributed by atoms with Gasteiger partial charge in [0, 0.05) is 5.56 Å². The Morgan fingerprint density at radius 3 is 2.29 bits per heavy atom. The van der Waals surface area contributed by atoms with E-state index in [1.54, 1.807) is 0 Å². The molecule has 2 aliphatic rings. The molecule has 1 saturated carbocycles. The van der Waals surface area contributed by atoms with Crippen LogP contribution in [-0.4, -0.2) is 55.1 Å². The molecule has 0 aromatic heterocycles. The monoisotopic (exact) mass is 434 g/mol. The summed E-state index contributed by atoms with van der Waals surface area (Å²) in [6.07, 6.45) is 2.68. The molecule has 11 nitrogen and oxygen atoms in total. The number of nitrogens with one attached hydrogen (secondary N) is 2. The van der Waals surface area contributed by atoms with Crippen LogP contribution in [0.5, 0.6) is 17.2 Å². The highest BCUT2D eigenvalue weighted by Gasteiger charge is 2.53. The molecule has 4 N–H and O–H groups in total. The Hall–Kier alpha value is -3.50. The number of nitrogens with zero attached hydrogens (tertiary/aromatic N) is 1. The maximum Gasteiger partial charge on any atom is 0.344 e. The van der Waals surface area contributed by atoms with Crippen molar-refractivity contribution in [2.24, 2.45) is 11.7 Å². The van der Waals surface area contributed by atoms with E-state index in [1.165, 1.54) is 26.4 Å². The normalized spacial score (nSPS) is 22.8. The van der Waals surface area contributed by atoms with Crippen molar-refractivity contribution in [3.05, 3.63) is 17.7 Å². The van der Waals surface area contributed by atoms with Gasteiger partial charge in [-0.25, -0.2) is 4.79 Å². The van der Waals surface area contributed by atoms with E-state index in [4.69, 9.17) is 19.9 Å². The number of ether oxygens (including phenoxy) is 3. The Kier molecular flexibility index (Phi) is 6.23. The number of hydrogen-bond acceptors (Lipinski definition) is 7. The summed E-state index contributed by atoms with van der Waals surface area (Å²) in [7, 11) is 2.69. The fraction of sp³-hybridized carbons (Fsp3) is 0.500. The molecular weight excluding hydrogens is 408 g/mol. The first-order valence-electron chi connectivity index (χ1n) is 9.85. The van der Waals surface area contributed by atoms with E-state index in [0.29, 0.717) is 18.8 Å². The number of benzene rings is 1. The molecule has 1 aromatic carbocycles. The second-order valence-electron chi connectivity index (χ2n) is 7.74. The smallest absolute Gasteiger partial charge is 0.344 e. The summed E-state index contributed by atoms with van der Waals surface area (Å²) in [6, 6.07) is 2.00. The molecule has 2 fully saturated rings. The van der Waals surface area contributed by atoms with Crippen LogP contribution in [0.2, 0.25) is 0 Å². The topological polar surface area (TPSA) is 149 Å². The molecule has 168 valence electrons. The zero-order valence-corrected chi connectivity index (χ0v) is 17.6. The predicted octanol–water partition coefficient (Wildman–Crippen LogP) is 0.713. The number of primary amides is 1. The summed E-state index contributed by atoms with van der Waals surface area (Å²) in [5.41, 5.74) is 6.54. The molecule has 1 aliphatic heterocycles. The Bertz CT molecular complexity index is 884. The van der Waals surface area contributed by atoms with Gasteiger partial charge < -0.3 is 25.3 Å². The fourth-order valence-corrected chi connectivity index (χ4v) is 3.78. The standard InChI is InChI=1S/C20H26N4O7/c1-11-4-6-20(7-5-11)18(27)24(19(28)22-20)23-17(26)12-8-13(29-2)16(14(9-12)30-3)31-10-15(21)25/h8-9,11H,4-7,10H2,1-3H3,(H2,21,25)(H,22,28)(H,23,26). The summed E-state index contributed by atoms with van der Waals surface area (Å²) in [6.45, 7) is 1.69. The number of methoxy groups -OCH3 is 2. The van der Waals surface area contributed by atoms with Crippen molar-refractivity contribution in [1.82, 2.24) is 15.8 Å². The van der Waals surface area contributed by atoms with Crippen LogP contribution in [0, 0.1) is 5.92 Å². The summed E-state index contributed by atoms with van der Waals surface area (Å²) in [4.78, 5) is 49.2. The van der Waals surface area contributed by atoms with Crippen molar-refractivity contribution >= 4 is 23.8 Å². The fourth-order valence-electron chi connectivity index (χ4n) is 3.78. The van der Waals surface area contributed by atoms with E-state index in [0.717, 1.165) is 17.9 Å². The van der Waals surface area contributed by atoms with Crippen molar-refractivity contribution in [3.63, 3.8) is 0 Å². The number of urea groups is 1. The molecule has 1 aromatic rings. The van der Waals surface area contributed by atoms with Gasteiger partial charge in [-0.2, -0.15) is 5.01 Å². The third kappa shape index (κ3) is 4.35. The number of nitrogens with two attached hydrogens (primary N) is 1. The lowest BCUT2D eigenvalue weighted by atomic mass is 9.77. The largest absolute Gasteiger partial charge is 0.493 e. The van der Waals surface area contributed by atoms with Crippen molar-refractivity contribution in [2.75, 3.05) is 20.8 Å². The SMILES string of the molecule is COc1cc(C(=O)NN2C(=O)NC3(CCC(C)CC3)C2=O)cc(OC)c1OCC(N)=O. The zero-order valence-electron chi connectivity index (χ0n) is 17.6. The average molecular weight is 434 g/mol. The number of hydrogen-bond donors (Lipinski definition) is 3. The van der Waals surface area contributed by atoms with E-state index in [-0.39, 0.29) is 22.8 Å². The molecule has 3 rings (SSSR count). The van der Waals surface area contributed by atoms with Crippen LogP contribution in [0.1, 0.15) is 43.0 Å². The Morgan fingerprint density at radius 2 is 1.77 bits per heavy atom. The lowest BCUT2D eigenvalue weighted by Gasteiger charge is -2.33. The highest BCUT2D eigenvalue weighted by atomic mass is 16.5. The number of carbonyl (C=O) groups excluding carboxylic acids is 4. The number of hydrazine groups is 1. The molecule has 11 heteroatoms. The van der Waals surface area contributed by atoms with Gasteiger partial charge in [0.15, 0.2) is 18.1 Å². The minimum Gasteiger partial charge on any atom is -0.493 e. The Balaban J connectivity index is 1.80. The Labute approximate surface area is 179 Å². The number of carbonyl (C=O) groups is 4. The van der Waals surface area contributed by atoms with Gasteiger partial charge in [0.25, 0.3) is 17.7 Å². The quantitative estimate of drug-likeness (QED) is 0.535. The van der Waals surface area contributed by atoms with Crippen LogP contribution >= 0.6 is 0 Å². The summed E-state index contributed by atoms with van der Waals surface area (Å²) in [5, 5.41) is 3.45. The van der Waals surface area contributed by atoms with Crippen molar-refractivity contribution in [1.29, 1.82) is 0 Å². The van der Waals surface area contributed by atoms with Gasteiger partial charge in [-0.3, -0.25) is 19.8 Å². The van der Waals surface area contributed by atoms with Gasteiger partial charge in [0.05, 0.1) is 14.2 Å². The lowest BCUT2D eigenvalue weighted by molar-refractivity contribution is -0.134. The van der Waals surface area contributed by atoms with E-state index in [2.05, 4.69) is 17.7 Å². The second-order valence-corrected chi connectivity index (χ2v) is 7.74. The van der Waals surface area contributed by atoms with Crippen LogP contribution in [0.3, 0.4) is 0 Å². The molecule has 0 atom stereocenters. The van der Waals surface area contributed by atoms with Crippen LogP contribution in [0.15, 0.2) is 12.1 Å². The zero-order chi connectivity index (χ0) is 22.8. The van der Waals surface area contributed by atoms with Crippen LogP contribution in [0.4, 0.5) is 4.79 Å². The van der Waals surface area contributed by atoms with Gasteiger partial charge in [-0.05, 0) is 43.7 Å². The van der Waals surface area contributed by atoms with Crippen LogP contribution in [0.25, 0.3) is 0 Å². The van der Waals surface area contributed by atoms with Crippen molar-refractivity contribution in [2.45, 2.75) is 38.1 Å². The molecule has 0 radical (unpaired) electrons. The van der Waals surface area contributed by atoms with E-state index in [1.807, 2.05) is 0 Å². The molecule has 0 unspecified atom stereocenters. The predicted molar refractivity (Wildman–Crippen MR) is 107 cm³/mol. The molecule has 31 heavy (non-hydrogen) atoms. The molecule has 1 saturated heterocycles. The minimum atomic E-state index is -0.974. The molecular formula is C20H26N4O7. The lowest BCUT2D eigenvalue weighted by Crippen LogP contribution is -2.51. The highest BCUT2D eigenvalue weighted by molar-refractivity contribution is 6.09. The van der Waals surface area contributed by atoms with Gasteiger partial charge >= 0.3 is 6.03 Å². The molecule has 1 aliphatic carbocycles. The first kappa shape index (κ1) is 22.2. The molecule has 0 bridgehead atoms. The number of rotatable bonds is 7.